The van der Waals surface area contributed by atoms with Gasteiger partial charge in [-0.05, 0) is 19.1 Å². The Morgan fingerprint density at radius 1 is 1.20 bits per heavy atom. The van der Waals surface area contributed by atoms with Crippen LogP contribution in [0.5, 0.6) is 5.75 Å². The van der Waals surface area contributed by atoms with Crippen molar-refractivity contribution in [1.82, 2.24) is 0 Å². The number of allylic oxidation sites excluding steroid dienone is 2. The first-order valence-electron chi connectivity index (χ1n) is 6.02. The number of phenols is 1. The fourth-order valence-electron chi connectivity index (χ4n) is 2.52. The van der Waals surface area contributed by atoms with Gasteiger partial charge >= 0.3 is 11.9 Å². The number of aliphatic carboxylic acids is 2. The minimum Gasteiger partial charge on any atom is -0.508 e. The molecule has 1 unspecified atom stereocenters. The molecule has 0 aromatic heterocycles. The number of hydrogen-bond acceptors (Lipinski definition) is 3. The molecule has 3 N–H and O–H groups in total. The van der Waals surface area contributed by atoms with Gasteiger partial charge in [-0.15, -0.1) is 0 Å². The Bertz CT molecular complexity index is 641. The Balaban J connectivity index is 2.65. The third-order valence-corrected chi connectivity index (χ3v) is 3.39. The van der Waals surface area contributed by atoms with Crippen LogP contribution in [0.4, 0.5) is 0 Å². The van der Waals surface area contributed by atoms with Crippen LogP contribution >= 0.6 is 0 Å². The number of carboxylic acid groups (broad SMARTS) is 2. The van der Waals surface area contributed by atoms with Gasteiger partial charge in [-0.1, -0.05) is 29.8 Å². The summed E-state index contributed by atoms with van der Waals surface area (Å²) in [6.45, 7) is 1.64. The van der Waals surface area contributed by atoms with Crippen LogP contribution in [0.25, 0.3) is 0 Å². The Morgan fingerprint density at radius 3 is 2.40 bits per heavy atom. The van der Waals surface area contributed by atoms with E-state index in [1.165, 1.54) is 24.3 Å². The molecule has 0 saturated heterocycles. The lowest BCUT2D eigenvalue weighted by Crippen LogP contribution is -2.37. The van der Waals surface area contributed by atoms with Crippen molar-refractivity contribution in [2.45, 2.75) is 18.8 Å². The molecule has 1 aliphatic rings. The molecule has 5 heteroatoms. The molecular weight excluding hydrogens is 260 g/mol. The maximum atomic E-state index is 11.8. The molecule has 0 radical (unpaired) electrons. The summed E-state index contributed by atoms with van der Waals surface area (Å²) in [5.74, 6) is -2.51. The Hall–Kier alpha value is -2.56. The van der Waals surface area contributed by atoms with Gasteiger partial charge in [0.1, 0.15) is 11.2 Å². The third kappa shape index (κ3) is 2.18. The quantitative estimate of drug-likeness (QED) is 0.784. The fourth-order valence-corrected chi connectivity index (χ4v) is 2.52. The molecule has 0 saturated carbocycles. The zero-order chi connectivity index (χ0) is 14.9. The van der Waals surface area contributed by atoms with Gasteiger partial charge in [-0.3, -0.25) is 4.79 Å². The number of benzene rings is 1. The standard InChI is InChI=1S/C15H14O5/c1-9-6-10(13(17)18)8-15(7-9,14(19)20)11-4-2-3-5-12(11)16/h2-7,16H,8H2,1H3,(H,17,18)(H,19,20). The lowest BCUT2D eigenvalue weighted by Gasteiger charge is -2.30. The van der Waals surface area contributed by atoms with Crippen molar-refractivity contribution in [3.8, 4) is 5.75 Å². The fraction of sp³-hybridized carbons (Fsp3) is 0.200. The van der Waals surface area contributed by atoms with E-state index in [0.717, 1.165) is 0 Å². The number of rotatable bonds is 3. The summed E-state index contributed by atoms with van der Waals surface area (Å²) in [5.41, 5.74) is -0.814. The van der Waals surface area contributed by atoms with E-state index in [9.17, 15) is 19.8 Å². The molecule has 1 aromatic carbocycles. The van der Waals surface area contributed by atoms with Crippen molar-refractivity contribution in [1.29, 1.82) is 0 Å². The molecule has 20 heavy (non-hydrogen) atoms. The summed E-state index contributed by atoms with van der Waals surface area (Å²) in [6.07, 6.45) is 2.73. The van der Waals surface area contributed by atoms with Gasteiger partial charge in [0.25, 0.3) is 0 Å². The average molecular weight is 274 g/mol. The summed E-state index contributed by atoms with van der Waals surface area (Å²) in [5, 5.41) is 28.7. The molecule has 5 nitrogen and oxygen atoms in total. The smallest absolute Gasteiger partial charge is 0.331 e. The van der Waals surface area contributed by atoms with E-state index in [-0.39, 0.29) is 23.3 Å². The molecule has 0 aliphatic heterocycles. The molecule has 2 rings (SSSR count). The van der Waals surface area contributed by atoms with Crippen LogP contribution in [-0.2, 0) is 15.0 Å². The van der Waals surface area contributed by atoms with Crippen molar-refractivity contribution in [3.05, 3.63) is 53.1 Å². The molecule has 1 atom stereocenters. The maximum absolute atomic E-state index is 11.8. The van der Waals surface area contributed by atoms with Crippen molar-refractivity contribution < 1.29 is 24.9 Å². The van der Waals surface area contributed by atoms with Crippen molar-refractivity contribution in [3.63, 3.8) is 0 Å². The number of carboxylic acids is 2. The minimum atomic E-state index is -1.56. The highest BCUT2D eigenvalue weighted by Gasteiger charge is 2.43. The molecule has 0 amide bonds. The average Bonchev–Trinajstić information content (AvgIpc) is 2.38. The van der Waals surface area contributed by atoms with Crippen molar-refractivity contribution in [2.75, 3.05) is 0 Å². The molecule has 1 aliphatic carbocycles. The highest BCUT2D eigenvalue weighted by atomic mass is 16.4. The summed E-state index contributed by atoms with van der Waals surface area (Å²) in [7, 11) is 0. The van der Waals surface area contributed by atoms with Crippen molar-refractivity contribution in [2.24, 2.45) is 0 Å². The van der Waals surface area contributed by atoms with Gasteiger partial charge in [-0.25, -0.2) is 4.79 Å². The van der Waals surface area contributed by atoms with Crippen LogP contribution in [-0.4, -0.2) is 27.3 Å². The van der Waals surface area contributed by atoms with Gasteiger partial charge in [0, 0.05) is 17.6 Å². The molecule has 1 aromatic rings. The Kier molecular flexibility index (Phi) is 3.36. The van der Waals surface area contributed by atoms with Gasteiger partial charge in [0.2, 0.25) is 0 Å². The molecule has 0 bridgehead atoms. The topological polar surface area (TPSA) is 94.8 Å². The first-order valence-corrected chi connectivity index (χ1v) is 6.02. The maximum Gasteiger partial charge on any atom is 0.331 e. The molecule has 0 spiro atoms. The first-order chi connectivity index (χ1) is 9.36. The highest BCUT2D eigenvalue weighted by molar-refractivity contribution is 5.93. The normalized spacial score (nSPS) is 21.9. The monoisotopic (exact) mass is 274 g/mol. The number of phenolic OH excluding ortho intramolecular Hbond substituents is 1. The van der Waals surface area contributed by atoms with Crippen LogP contribution in [0.1, 0.15) is 18.9 Å². The van der Waals surface area contributed by atoms with Crippen LogP contribution in [0, 0.1) is 0 Å². The first kappa shape index (κ1) is 13.9. The second-order valence-electron chi connectivity index (χ2n) is 4.83. The summed E-state index contributed by atoms with van der Waals surface area (Å²) >= 11 is 0. The zero-order valence-corrected chi connectivity index (χ0v) is 10.8. The van der Waals surface area contributed by atoms with Crippen LogP contribution < -0.4 is 0 Å². The van der Waals surface area contributed by atoms with Crippen LogP contribution in [0.2, 0.25) is 0 Å². The number of para-hydroxylation sites is 1. The second-order valence-corrected chi connectivity index (χ2v) is 4.83. The summed E-state index contributed by atoms with van der Waals surface area (Å²) < 4.78 is 0. The Labute approximate surface area is 115 Å². The van der Waals surface area contributed by atoms with Gasteiger partial charge < -0.3 is 15.3 Å². The zero-order valence-electron chi connectivity index (χ0n) is 10.8. The van der Waals surface area contributed by atoms with E-state index in [1.54, 1.807) is 19.1 Å². The lowest BCUT2D eigenvalue weighted by molar-refractivity contribution is -0.142. The van der Waals surface area contributed by atoms with E-state index in [2.05, 4.69) is 0 Å². The predicted molar refractivity (Wildman–Crippen MR) is 71.5 cm³/mol. The summed E-state index contributed by atoms with van der Waals surface area (Å²) in [4.78, 5) is 22.9. The number of hydrogen-bond donors (Lipinski definition) is 3. The summed E-state index contributed by atoms with van der Waals surface area (Å²) in [6, 6.07) is 6.09. The lowest BCUT2D eigenvalue weighted by atomic mass is 9.71. The number of aromatic hydroxyl groups is 1. The second kappa shape index (κ2) is 4.85. The number of carbonyl (C=O) groups is 2. The third-order valence-electron chi connectivity index (χ3n) is 3.39. The molecule has 104 valence electrons. The van der Waals surface area contributed by atoms with Gasteiger partial charge in [0.15, 0.2) is 0 Å². The van der Waals surface area contributed by atoms with Crippen molar-refractivity contribution >= 4 is 11.9 Å². The van der Waals surface area contributed by atoms with Gasteiger partial charge in [0.05, 0.1) is 0 Å². The minimum absolute atomic E-state index is 0.00986. The van der Waals surface area contributed by atoms with E-state index in [4.69, 9.17) is 5.11 Å². The van der Waals surface area contributed by atoms with E-state index >= 15 is 0 Å². The highest BCUT2D eigenvalue weighted by Crippen LogP contribution is 2.41. The van der Waals surface area contributed by atoms with Crippen LogP contribution in [0.3, 0.4) is 0 Å². The molecular formula is C15H14O5. The van der Waals surface area contributed by atoms with Crippen LogP contribution in [0.15, 0.2) is 47.6 Å². The van der Waals surface area contributed by atoms with E-state index in [0.29, 0.717) is 5.57 Å². The van der Waals surface area contributed by atoms with Gasteiger partial charge in [-0.2, -0.15) is 0 Å². The predicted octanol–water partition coefficient (Wildman–Crippen LogP) is 2.08. The molecule has 0 heterocycles. The Morgan fingerprint density at radius 2 is 1.85 bits per heavy atom. The SMILES string of the molecule is CC1=CC(C(=O)O)(c2ccccc2O)CC(C(=O)O)=C1. The largest absolute Gasteiger partial charge is 0.508 e. The van der Waals surface area contributed by atoms with E-state index in [1.807, 2.05) is 0 Å². The van der Waals surface area contributed by atoms with E-state index < -0.39 is 17.4 Å². The molecule has 0 fully saturated rings.